The van der Waals surface area contributed by atoms with Gasteiger partial charge < -0.3 is 18.9 Å². The third-order valence-corrected chi connectivity index (χ3v) is 6.68. The highest BCUT2D eigenvalue weighted by molar-refractivity contribution is 7.90. The van der Waals surface area contributed by atoms with Crippen molar-refractivity contribution in [3.8, 4) is 0 Å². The van der Waals surface area contributed by atoms with Crippen molar-refractivity contribution in [1.82, 2.24) is 14.1 Å². The lowest BCUT2D eigenvalue weighted by Crippen LogP contribution is -2.41. The maximum Gasteiger partial charge on any atom is 0.339 e. The van der Waals surface area contributed by atoms with E-state index in [0.29, 0.717) is 43.3 Å². The highest BCUT2D eigenvalue weighted by Gasteiger charge is 2.30. The second-order valence-corrected chi connectivity index (χ2v) is 11.1. The summed E-state index contributed by atoms with van der Waals surface area (Å²) < 4.78 is 27.4. The molecule has 1 N–H and O–H groups in total. The minimum absolute atomic E-state index is 0.236. The summed E-state index contributed by atoms with van der Waals surface area (Å²) in [6.45, 7) is 13.4. The van der Waals surface area contributed by atoms with Crippen LogP contribution >= 0.6 is 0 Å². The number of aromatic nitrogens is 2. The number of ether oxygens (including phenoxy) is 2. The predicted octanol–water partition coefficient (Wildman–Crippen LogP) is 2.21. The maximum absolute atomic E-state index is 13.0. The summed E-state index contributed by atoms with van der Waals surface area (Å²) in [5.41, 5.74) is 0.930. The van der Waals surface area contributed by atoms with Crippen LogP contribution in [-0.2, 0) is 20.8 Å². The molecule has 10 heteroatoms. The Morgan fingerprint density at radius 1 is 1.25 bits per heavy atom. The van der Waals surface area contributed by atoms with Gasteiger partial charge in [-0.15, -0.1) is 4.72 Å². The molecular formula is C22H32N4O5S. The Bertz CT molecular complexity index is 1030. The van der Waals surface area contributed by atoms with Crippen LogP contribution in [0.15, 0.2) is 23.1 Å². The molecule has 9 nitrogen and oxygen atoms in total. The van der Waals surface area contributed by atoms with Gasteiger partial charge in [-0.05, 0) is 47.6 Å². The van der Waals surface area contributed by atoms with Crippen LogP contribution in [0.5, 0.6) is 0 Å². The largest absolute Gasteiger partial charge is 0.598 e. The van der Waals surface area contributed by atoms with E-state index in [-0.39, 0.29) is 17.2 Å². The van der Waals surface area contributed by atoms with E-state index < -0.39 is 28.1 Å². The summed E-state index contributed by atoms with van der Waals surface area (Å²) in [4.78, 5) is 32.4. The van der Waals surface area contributed by atoms with Crippen LogP contribution in [0.4, 0.5) is 5.82 Å². The summed E-state index contributed by atoms with van der Waals surface area (Å²) in [7, 11) is 0. The van der Waals surface area contributed by atoms with Crippen molar-refractivity contribution in [2.45, 2.75) is 58.4 Å². The fourth-order valence-electron chi connectivity index (χ4n) is 3.28. The van der Waals surface area contributed by atoms with Gasteiger partial charge in [0.25, 0.3) is 5.56 Å². The Labute approximate surface area is 191 Å². The minimum Gasteiger partial charge on any atom is -0.598 e. The zero-order chi connectivity index (χ0) is 23.6. The van der Waals surface area contributed by atoms with Gasteiger partial charge in [0.2, 0.25) is 0 Å². The number of hydrogen-bond donors (Lipinski definition) is 1. The van der Waals surface area contributed by atoms with E-state index in [2.05, 4.69) is 4.72 Å². The molecule has 0 amide bonds. The molecule has 1 aliphatic heterocycles. The van der Waals surface area contributed by atoms with Crippen LogP contribution in [0, 0.1) is 0 Å². The van der Waals surface area contributed by atoms with Crippen LogP contribution in [0.1, 0.15) is 63.5 Å². The lowest BCUT2D eigenvalue weighted by atomic mass is 10.1. The molecule has 176 valence electrons. The van der Waals surface area contributed by atoms with Crippen molar-refractivity contribution in [1.29, 1.82) is 0 Å². The highest BCUT2D eigenvalue weighted by atomic mass is 32.2. The van der Waals surface area contributed by atoms with E-state index in [1.165, 1.54) is 16.7 Å². The van der Waals surface area contributed by atoms with Gasteiger partial charge in [0.15, 0.2) is 0 Å². The van der Waals surface area contributed by atoms with E-state index in [1.807, 2.05) is 32.6 Å². The summed E-state index contributed by atoms with van der Waals surface area (Å²) in [5.74, 6) is 0.0256. The monoisotopic (exact) mass is 464 g/mol. The number of morpholine rings is 1. The molecular weight excluding hydrogens is 432 g/mol. The number of nitrogens with one attached hydrogen (secondary N) is 1. The molecule has 1 fully saturated rings. The van der Waals surface area contributed by atoms with Crippen LogP contribution in [-0.4, -0.2) is 57.1 Å². The number of rotatable bonds is 6. The summed E-state index contributed by atoms with van der Waals surface area (Å²) in [5, 5.41) is 0. The molecule has 3 rings (SSSR count). The fourth-order valence-corrected chi connectivity index (χ4v) is 4.09. The Morgan fingerprint density at radius 2 is 1.91 bits per heavy atom. The number of hydrogen-bond acceptors (Lipinski definition) is 8. The van der Waals surface area contributed by atoms with E-state index in [4.69, 9.17) is 14.5 Å². The molecule has 32 heavy (non-hydrogen) atoms. The number of anilines is 1. The zero-order valence-electron chi connectivity index (χ0n) is 19.5. The second kappa shape index (κ2) is 9.78. The molecule has 1 unspecified atom stereocenters. The molecule has 2 aromatic rings. The molecule has 3 heterocycles. The van der Waals surface area contributed by atoms with Crippen molar-refractivity contribution in [3.05, 3.63) is 39.8 Å². The second-order valence-electron chi connectivity index (χ2n) is 9.10. The maximum atomic E-state index is 13.0. The van der Waals surface area contributed by atoms with E-state index in [1.54, 1.807) is 19.9 Å². The van der Waals surface area contributed by atoms with Gasteiger partial charge in [-0.25, -0.2) is 9.78 Å². The standard InChI is InChI=1S/C22H32N4O5S/c1-14(2)31-21(28)16-11-17(15(3)24-32(29)22(4,5)6)20-23-18(12-19(27)26(20)13-16)25-7-9-30-10-8-25/h11-15,24H,7-10H2,1-6H3/t15-,32?/m1/s1. The van der Waals surface area contributed by atoms with Crippen LogP contribution in [0.3, 0.4) is 0 Å². The van der Waals surface area contributed by atoms with E-state index >= 15 is 0 Å². The van der Waals surface area contributed by atoms with Gasteiger partial charge in [-0.1, -0.05) is 0 Å². The van der Waals surface area contributed by atoms with Crippen molar-refractivity contribution in [2.75, 3.05) is 31.2 Å². The Kier molecular flexibility index (Phi) is 7.49. The molecule has 2 aromatic heterocycles. The summed E-state index contributed by atoms with van der Waals surface area (Å²) in [6.07, 6.45) is 1.15. The lowest BCUT2D eigenvalue weighted by molar-refractivity contribution is 0.0377. The molecule has 0 spiro atoms. The van der Waals surface area contributed by atoms with Gasteiger partial charge in [-0.2, -0.15) is 0 Å². The van der Waals surface area contributed by atoms with Gasteiger partial charge in [0.05, 0.1) is 30.9 Å². The highest BCUT2D eigenvalue weighted by Crippen LogP contribution is 2.25. The quantitative estimate of drug-likeness (QED) is 0.512. The van der Waals surface area contributed by atoms with Crippen LogP contribution < -0.4 is 15.2 Å². The first kappa shape index (κ1) is 24.5. The fraction of sp³-hybridized carbons (Fsp3) is 0.591. The molecule has 1 saturated heterocycles. The van der Waals surface area contributed by atoms with Crippen molar-refractivity contribution in [3.63, 3.8) is 0 Å². The molecule has 1 aliphatic rings. The first-order chi connectivity index (χ1) is 15.0. The van der Waals surface area contributed by atoms with Crippen molar-refractivity contribution < 1.29 is 18.8 Å². The predicted molar refractivity (Wildman–Crippen MR) is 124 cm³/mol. The van der Waals surface area contributed by atoms with Crippen molar-refractivity contribution in [2.24, 2.45) is 0 Å². The topological polar surface area (TPSA) is 108 Å². The Balaban J connectivity index is 2.13. The van der Waals surface area contributed by atoms with Gasteiger partial charge >= 0.3 is 5.97 Å². The average Bonchev–Trinajstić information content (AvgIpc) is 2.72. The zero-order valence-corrected chi connectivity index (χ0v) is 20.3. The third-order valence-electron chi connectivity index (χ3n) is 5.00. The normalized spacial score (nSPS) is 16.9. The third kappa shape index (κ3) is 5.61. The Morgan fingerprint density at radius 3 is 2.50 bits per heavy atom. The molecule has 0 radical (unpaired) electrons. The molecule has 0 saturated carbocycles. The Hall–Kier alpha value is -2.14. The first-order valence-electron chi connectivity index (χ1n) is 10.8. The van der Waals surface area contributed by atoms with Gasteiger partial charge in [0.1, 0.15) is 16.2 Å². The number of nitrogens with zero attached hydrogens (tertiary/aromatic N) is 3. The van der Waals surface area contributed by atoms with Crippen LogP contribution in [0.25, 0.3) is 5.65 Å². The van der Waals surface area contributed by atoms with E-state index in [9.17, 15) is 14.1 Å². The molecule has 2 atom stereocenters. The smallest absolute Gasteiger partial charge is 0.339 e. The summed E-state index contributed by atoms with van der Waals surface area (Å²) >= 11 is -1.36. The average molecular weight is 465 g/mol. The number of pyridine rings is 1. The van der Waals surface area contributed by atoms with Gasteiger partial charge in [0, 0.05) is 42.3 Å². The van der Waals surface area contributed by atoms with Gasteiger partial charge in [-0.3, -0.25) is 9.20 Å². The SMILES string of the molecule is CC(C)OC(=O)c1cc([C@@H](C)N[S+]([O-])C(C)(C)C)c2nc(N3CCOCC3)cc(=O)n2c1. The van der Waals surface area contributed by atoms with Crippen LogP contribution in [0.2, 0.25) is 0 Å². The molecule has 0 bridgehead atoms. The molecule has 0 aliphatic carbocycles. The first-order valence-corrected chi connectivity index (χ1v) is 11.9. The van der Waals surface area contributed by atoms with E-state index in [0.717, 1.165) is 0 Å². The number of carbonyl (C=O) groups excluding carboxylic acids is 1. The lowest BCUT2D eigenvalue weighted by Gasteiger charge is -2.29. The number of esters is 1. The minimum atomic E-state index is -1.36. The number of fused-ring (bicyclic) bond motifs is 1. The number of carbonyl (C=O) groups is 1. The summed E-state index contributed by atoms with van der Waals surface area (Å²) in [6, 6.07) is 2.68. The molecule has 0 aromatic carbocycles. The van der Waals surface area contributed by atoms with Crippen molar-refractivity contribution >= 4 is 28.8 Å².